The SMILES string of the molecule is CC(=O)N(CCCCc1ccc(Cl)cc1)c1ccnc2c(F)cccc12. The minimum Gasteiger partial charge on any atom is -0.312 e. The number of para-hydroxylation sites is 1. The zero-order valence-corrected chi connectivity index (χ0v) is 15.3. The van der Waals surface area contributed by atoms with E-state index in [4.69, 9.17) is 11.6 Å². The maximum atomic E-state index is 14.0. The number of carbonyl (C=O) groups excluding carboxylic acids is 1. The van der Waals surface area contributed by atoms with Crippen molar-refractivity contribution in [3.8, 4) is 0 Å². The van der Waals surface area contributed by atoms with Gasteiger partial charge in [-0.05, 0) is 49.1 Å². The molecule has 2 aromatic carbocycles. The summed E-state index contributed by atoms with van der Waals surface area (Å²) in [6.45, 7) is 2.11. The fourth-order valence-corrected chi connectivity index (χ4v) is 3.18. The Bertz CT molecular complexity index is 912. The third-order valence-corrected chi connectivity index (χ3v) is 4.63. The summed E-state index contributed by atoms with van der Waals surface area (Å²) in [4.78, 5) is 18.0. The Morgan fingerprint density at radius 2 is 1.88 bits per heavy atom. The monoisotopic (exact) mass is 370 g/mol. The van der Waals surface area contributed by atoms with E-state index in [1.807, 2.05) is 24.3 Å². The second-order valence-corrected chi connectivity index (χ2v) is 6.66. The van der Waals surface area contributed by atoms with Gasteiger partial charge in [0.1, 0.15) is 11.3 Å². The van der Waals surface area contributed by atoms with E-state index in [0.717, 1.165) is 24.3 Å². The van der Waals surface area contributed by atoms with Gasteiger partial charge in [0.15, 0.2) is 0 Å². The van der Waals surface area contributed by atoms with E-state index in [1.165, 1.54) is 18.6 Å². The predicted molar refractivity (Wildman–Crippen MR) is 104 cm³/mol. The van der Waals surface area contributed by atoms with Crippen LogP contribution >= 0.6 is 11.6 Å². The summed E-state index contributed by atoms with van der Waals surface area (Å²) in [6.07, 6.45) is 4.27. The van der Waals surface area contributed by atoms with Crippen LogP contribution in [-0.4, -0.2) is 17.4 Å². The van der Waals surface area contributed by atoms with Crippen LogP contribution in [0.4, 0.5) is 10.1 Å². The highest BCUT2D eigenvalue weighted by atomic mass is 35.5. The summed E-state index contributed by atoms with van der Waals surface area (Å²) in [5.41, 5.74) is 2.21. The molecule has 0 fully saturated rings. The molecule has 0 aliphatic heterocycles. The molecule has 0 saturated carbocycles. The standard InChI is InChI=1S/C21H20ClFN2O/c1-15(26)25(14-3-2-5-16-8-10-17(22)11-9-16)20-12-13-24-21-18(20)6-4-7-19(21)23/h4,6-13H,2-3,5,14H2,1H3. The summed E-state index contributed by atoms with van der Waals surface area (Å²) in [7, 11) is 0. The first-order valence-corrected chi connectivity index (χ1v) is 9.00. The highest BCUT2D eigenvalue weighted by Gasteiger charge is 2.15. The molecular formula is C21H20ClFN2O. The molecule has 0 bridgehead atoms. The Kier molecular flexibility index (Phi) is 5.84. The van der Waals surface area contributed by atoms with Gasteiger partial charge in [0.05, 0.1) is 5.69 Å². The van der Waals surface area contributed by atoms with Crippen molar-refractivity contribution in [1.29, 1.82) is 0 Å². The van der Waals surface area contributed by atoms with Crippen molar-refractivity contribution in [3.05, 3.63) is 71.1 Å². The first kappa shape index (κ1) is 18.3. The van der Waals surface area contributed by atoms with Crippen molar-refractivity contribution in [2.75, 3.05) is 11.4 Å². The number of anilines is 1. The number of aromatic nitrogens is 1. The topological polar surface area (TPSA) is 33.2 Å². The Morgan fingerprint density at radius 1 is 1.12 bits per heavy atom. The number of hydrogen-bond acceptors (Lipinski definition) is 2. The number of fused-ring (bicyclic) bond motifs is 1. The lowest BCUT2D eigenvalue weighted by Gasteiger charge is -2.22. The van der Waals surface area contributed by atoms with Crippen LogP contribution in [0.2, 0.25) is 5.02 Å². The number of rotatable bonds is 6. The molecule has 0 radical (unpaired) electrons. The van der Waals surface area contributed by atoms with E-state index < -0.39 is 0 Å². The molecule has 0 saturated heterocycles. The van der Waals surface area contributed by atoms with Gasteiger partial charge >= 0.3 is 0 Å². The van der Waals surface area contributed by atoms with Gasteiger partial charge in [-0.3, -0.25) is 9.78 Å². The molecule has 3 aromatic rings. The molecule has 1 heterocycles. The lowest BCUT2D eigenvalue weighted by molar-refractivity contribution is -0.116. The number of halogens is 2. The first-order valence-electron chi connectivity index (χ1n) is 8.62. The molecule has 0 spiro atoms. The summed E-state index contributed by atoms with van der Waals surface area (Å²) in [5, 5.41) is 1.38. The zero-order chi connectivity index (χ0) is 18.5. The highest BCUT2D eigenvalue weighted by molar-refractivity contribution is 6.30. The van der Waals surface area contributed by atoms with Crippen LogP contribution in [0.3, 0.4) is 0 Å². The summed E-state index contributed by atoms with van der Waals surface area (Å²) < 4.78 is 14.0. The largest absolute Gasteiger partial charge is 0.312 e. The third-order valence-electron chi connectivity index (χ3n) is 4.38. The Labute approximate surface area is 157 Å². The van der Waals surface area contributed by atoms with Crippen molar-refractivity contribution in [1.82, 2.24) is 4.98 Å². The number of amides is 1. The van der Waals surface area contributed by atoms with Crippen molar-refractivity contribution in [2.24, 2.45) is 0 Å². The van der Waals surface area contributed by atoms with Gasteiger partial charge in [0.2, 0.25) is 5.91 Å². The Morgan fingerprint density at radius 3 is 2.62 bits per heavy atom. The van der Waals surface area contributed by atoms with Crippen LogP contribution in [0.1, 0.15) is 25.3 Å². The molecule has 0 aliphatic rings. The molecule has 26 heavy (non-hydrogen) atoms. The van der Waals surface area contributed by atoms with E-state index in [9.17, 15) is 9.18 Å². The van der Waals surface area contributed by atoms with Gasteiger partial charge in [-0.2, -0.15) is 0 Å². The van der Waals surface area contributed by atoms with Gasteiger partial charge in [-0.15, -0.1) is 0 Å². The van der Waals surface area contributed by atoms with Gasteiger partial charge < -0.3 is 4.90 Å². The number of aryl methyl sites for hydroxylation is 1. The highest BCUT2D eigenvalue weighted by Crippen LogP contribution is 2.27. The van der Waals surface area contributed by atoms with Gasteiger partial charge in [0, 0.05) is 30.1 Å². The minimum atomic E-state index is -0.379. The van der Waals surface area contributed by atoms with Crippen LogP contribution < -0.4 is 4.90 Å². The van der Waals surface area contributed by atoms with Crippen LogP contribution in [0.25, 0.3) is 10.9 Å². The molecule has 0 aliphatic carbocycles. The number of carbonyl (C=O) groups is 1. The second kappa shape index (κ2) is 8.28. The lowest BCUT2D eigenvalue weighted by atomic mass is 10.1. The summed E-state index contributed by atoms with van der Waals surface area (Å²) in [5.74, 6) is -0.441. The van der Waals surface area contributed by atoms with E-state index in [0.29, 0.717) is 17.6 Å². The predicted octanol–water partition coefficient (Wildman–Crippen LogP) is 5.40. The van der Waals surface area contributed by atoms with Crippen molar-refractivity contribution in [3.63, 3.8) is 0 Å². The lowest BCUT2D eigenvalue weighted by Crippen LogP contribution is -2.29. The van der Waals surface area contributed by atoms with Gasteiger partial charge in [-0.25, -0.2) is 4.39 Å². The maximum Gasteiger partial charge on any atom is 0.223 e. The van der Waals surface area contributed by atoms with Gasteiger partial charge in [-0.1, -0.05) is 35.9 Å². The first-order chi connectivity index (χ1) is 12.6. The van der Waals surface area contributed by atoms with E-state index in [2.05, 4.69) is 4.98 Å². The van der Waals surface area contributed by atoms with Crippen molar-refractivity contribution >= 4 is 34.1 Å². The average Bonchev–Trinajstić information content (AvgIpc) is 2.63. The van der Waals surface area contributed by atoms with E-state index in [-0.39, 0.29) is 17.2 Å². The normalized spacial score (nSPS) is 10.9. The molecule has 5 heteroatoms. The van der Waals surface area contributed by atoms with Crippen molar-refractivity contribution < 1.29 is 9.18 Å². The van der Waals surface area contributed by atoms with Gasteiger partial charge in [0.25, 0.3) is 0 Å². The fourth-order valence-electron chi connectivity index (χ4n) is 3.06. The molecule has 1 amide bonds. The summed E-state index contributed by atoms with van der Waals surface area (Å²) >= 11 is 5.90. The number of nitrogens with zero attached hydrogens (tertiary/aromatic N) is 2. The maximum absolute atomic E-state index is 14.0. The van der Waals surface area contributed by atoms with Crippen LogP contribution in [0.15, 0.2) is 54.7 Å². The quantitative estimate of drug-likeness (QED) is 0.544. The minimum absolute atomic E-state index is 0.0618. The fraction of sp³-hybridized carbons (Fsp3) is 0.238. The smallest absolute Gasteiger partial charge is 0.223 e. The van der Waals surface area contributed by atoms with E-state index in [1.54, 1.807) is 29.3 Å². The van der Waals surface area contributed by atoms with Crippen molar-refractivity contribution in [2.45, 2.75) is 26.2 Å². The third kappa shape index (κ3) is 4.20. The zero-order valence-electron chi connectivity index (χ0n) is 14.6. The average molecular weight is 371 g/mol. The molecule has 134 valence electrons. The number of hydrogen-bond donors (Lipinski definition) is 0. The van der Waals surface area contributed by atoms with Crippen LogP contribution in [-0.2, 0) is 11.2 Å². The second-order valence-electron chi connectivity index (χ2n) is 6.22. The molecule has 3 nitrogen and oxygen atoms in total. The number of pyridine rings is 1. The number of benzene rings is 2. The molecule has 0 N–H and O–H groups in total. The molecule has 1 aromatic heterocycles. The Balaban J connectivity index is 1.71. The van der Waals surface area contributed by atoms with Crippen LogP contribution in [0, 0.1) is 5.82 Å². The molecule has 3 rings (SSSR count). The van der Waals surface area contributed by atoms with E-state index >= 15 is 0 Å². The molecule has 0 atom stereocenters. The summed E-state index contributed by atoms with van der Waals surface area (Å²) in [6, 6.07) is 14.4. The van der Waals surface area contributed by atoms with Crippen LogP contribution in [0.5, 0.6) is 0 Å². The molecular weight excluding hydrogens is 351 g/mol. The Hall–Kier alpha value is -2.46. The molecule has 0 unspecified atom stereocenters. The number of unbranched alkanes of at least 4 members (excludes halogenated alkanes) is 1.